The number of halogens is 1. The highest BCUT2D eigenvalue weighted by atomic mass is 35.5. The van der Waals surface area contributed by atoms with Crippen LogP contribution in [-0.2, 0) is 0 Å². The van der Waals surface area contributed by atoms with Crippen molar-refractivity contribution in [2.45, 2.75) is 13.8 Å². The van der Waals surface area contributed by atoms with E-state index < -0.39 is 0 Å². The van der Waals surface area contributed by atoms with Gasteiger partial charge in [0.2, 0.25) is 5.95 Å². The van der Waals surface area contributed by atoms with Gasteiger partial charge in [-0.25, -0.2) is 5.43 Å². The molecule has 0 aliphatic carbocycles. The van der Waals surface area contributed by atoms with Crippen molar-refractivity contribution in [2.24, 2.45) is 5.10 Å². The van der Waals surface area contributed by atoms with Crippen LogP contribution < -0.4 is 11.0 Å². The van der Waals surface area contributed by atoms with Crippen LogP contribution in [0.2, 0.25) is 4.34 Å². The van der Waals surface area contributed by atoms with Gasteiger partial charge < -0.3 is 0 Å². The van der Waals surface area contributed by atoms with Crippen molar-refractivity contribution in [3.63, 3.8) is 0 Å². The molecule has 2 rings (SSSR count). The SMILES string of the molecule is C/C(=N/Nc1nnc(C)c(=O)[nH]1)c1ccc(Cl)s1. The molecule has 0 spiro atoms. The van der Waals surface area contributed by atoms with E-state index in [0.29, 0.717) is 10.0 Å². The van der Waals surface area contributed by atoms with Crippen molar-refractivity contribution in [3.05, 3.63) is 37.4 Å². The monoisotopic (exact) mass is 283 g/mol. The zero-order valence-corrected chi connectivity index (χ0v) is 11.3. The molecule has 94 valence electrons. The standard InChI is InChI=1S/C10H10ClN5OS/c1-5(7-3-4-8(11)18-7)13-15-10-12-9(17)6(2)14-16-10/h3-4H,1-2H3,(H2,12,15,16,17)/b13-5-. The van der Waals surface area contributed by atoms with Gasteiger partial charge in [0.1, 0.15) is 5.69 Å². The minimum Gasteiger partial charge on any atom is -0.288 e. The molecule has 0 amide bonds. The maximum absolute atomic E-state index is 11.3. The molecule has 6 nitrogen and oxygen atoms in total. The molecule has 18 heavy (non-hydrogen) atoms. The molecule has 2 aromatic rings. The van der Waals surface area contributed by atoms with Crippen molar-refractivity contribution in [3.8, 4) is 0 Å². The molecule has 0 aliphatic heterocycles. The van der Waals surface area contributed by atoms with Gasteiger partial charge in [0, 0.05) is 0 Å². The van der Waals surface area contributed by atoms with Gasteiger partial charge in [0.15, 0.2) is 0 Å². The number of hydrogen-bond donors (Lipinski definition) is 2. The maximum atomic E-state index is 11.3. The van der Waals surface area contributed by atoms with Gasteiger partial charge in [-0.15, -0.1) is 21.5 Å². The highest BCUT2D eigenvalue weighted by Gasteiger charge is 2.02. The van der Waals surface area contributed by atoms with Crippen LogP contribution in [0.15, 0.2) is 22.0 Å². The summed E-state index contributed by atoms with van der Waals surface area (Å²) in [6.45, 7) is 3.41. The lowest BCUT2D eigenvalue weighted by atomic mass is 10.3. The number of nitrogens with zero attached hydrogens (tertiary/aromatic N) is 3. The van der Waals surface area contributed by atoms with E-state index in [0.717, 1.165) is 10.6 Å². The van der Waals surface area contributed by atoms with E-state index >= 15 is 0 Å². The Bertz CT molecular complexity index is 648. The molecule has 2 N–H and O–H groups in total. The summed E-state index contributed by atoms with van der Waals surface area (Å²) in [6.07, 6.45) is 0. The fourth-order valence-corrected chi connectivity index (χ4v) is 2.13. The zero-order valence-electron chi connectivity index (χ0n) is 9.69. The van der Waals surface area contributed by atoms with Gasteiger partial charge in [-0.2, -0.15) is 5.10 Å². The van der Waals surface area contributed by atoms with Crippen LogP contribution in [0.25, 0.3) is 0 Å². The number of hydrogen-bond acceptors (Lipinski definition) is 6. The van der Waals surface area contributed by atoms with Crippen LogP contribution >= 0.6 is 22.9 Å². The summed E-state index contributed by atoms with van der Waals surface area (Å²) in [6, 6.07) is 3.67. The summed E-state index contributed by atoms with van der Waals surface area (Å²) in [7, 11) is 0. The molecular weight excluding hydrogens is 274 g/mol. The van der Waals surface area contributed by atoms with Crippen molar-refractivity contribution < 1.29 is 0 Å². The van der Waals surface area contributed by atoms with Crippen LogP contribution in [0.1, 0.15) is 17.5 Å². The molecule has 0 bridgehead atoms. The van der Waals surface area contributed by atoms with E-state index in [1.165, 1.54) is 11.3 Å². The average Bonchev–Trinajstić information content (AvgIpc) is 2.77. The van der Waals surface area contributed by atoms with Crippen molar-refractivity contribution in [1.82, 2.24) is 15.2 Å². The van der Waals surface area contributed by atoms with Crippen LogP contribution in [0.5, 0.6) is 0 Å². The first-order valence-corrected chi connectivity index (χ1v) is 6.25. The lowest BCUT2D eigenvalue weighted by Gasteiger charge is -2.00. The number of aromatic amines is 1. The molecule has 2 aromatic heterocycles. The summed E-state index contributed by atoms with van der Waals surface area (Å²) in [5.41, 5.74) is 3.41. The summed E-state index contributed by atoms with van der Waals surface area (Å²) in [5, 5.41) is 11.5. The second kappa shape index (κ2) is 5.28. The van der Waals surface area contributed by atoms with E-state index in [-0.39, 0.29) is 11.5 Å². The van der Waals surface area contributed by atoms with E-state index in [4.69, 9.17) is 11.6 Å². The quantitative estimate of drug-likeness (QED) is 0.667. The highest BCUT2D eigenvalue weighted by Crippen LogP contribution is 2.21. The van der Waals surface area contributed by atoms with Crippen molar-refractivity contribution >= 4 is 34.6 Å². The number of H-pyrrole nitrogens is 1. The van der Waals surface area contributed by atoms with E-state index in [1.54, 1.807) is 13.0 Å². The normalized spacial score (nSPS) is 11.6. The van der Waals surface area contributed by atoms with Gasteiger partial charge in [-0.3, -0.25) is 9.78 Å². The third-order valence-electron chi connectivity index (χ3n) is 2.12. The molecule has 0 radical (unpaired) electrons. The summed E-state index contributed by atoms with van der Waals surface area (Å²) in [5.74, 6) is 0.201. The Morgan fingerprint density at radius 2 is 2.28 bits per heavy atom. The molecular formula is C10H10ClN5OS. The Morgan fingerprint density at radius 1 is 1.50 bits per heavy atom. The topological polar surface area (TPSA) is 83.0 Å². The lowest BCUT2D eigenvalue weighted by molar-refractivity contribution is 0.897. The molecule has 0 unspecified atom stereocenters. The third kappa shape index (κ3) is 2.93. The Kier molecular flexibility index (Phi) is 3.73. The van der Waals surface area contributed by atoms with Crippen LogP contribution in [-0.4, -0.2) is 20.9 Å². The lowest BCUT2D eigenvalue weighted by Crippen LogP contribution is -2.15. The molecule has 8 heteroatoms. The first-order chi connectivity index (χ1) is 8.56. The van der Waals surface area contributed by atoms with Crippen molar-refractivity contribution in [2.75, 3.05) is 5.43 Å². The minimum atomic E-state index is -0.292. The molecule has 0 atom stereocenters. The van der Waals surface area contributed by atoms with Crippen LogP contribution in [0, 0.1) is 6.92 Å². The second-order valence-corrected chi connectivity index (χ2v) is 5.22. The van der Waals surface area contributed by atoms with Gasteiger partial charge >= 0.3 is 0 Å². The molecule has 0 fully saturated rings. The number of aryl methyl sites for hydroxylation is 1. The Morgan fingerprint density at radius 3 is 2.89 bits per heavy atom. The fraction of sp³-hybridized carbons (Fsp3) is 0.200. The number of nitrogens with one attached hydrogen (secondary N) is 2. The Hall–Kier alpha value is -1.73. The van der Waals surface area contributed by atoms with Crippen LogP contribution in [0.3, 0.4) is 0 Å². The molecule has 0 aliphatic rings. The predicted molar refractivity (Wildman–Crippen MR) is 72.6 cm³/mol. The first kappa shape index (κ1) is 12.7. The van der Waals surface area contributed by atoms with Crippen molar-refractivity contribution in [1.29, 1.82) is 0 Å². The average molecular weight is 284 g/mol. The summed E-state index contributed by atoms with van der Waals surface area (Å²) < 4.78 is 0.697. The number of hydrazone groups is 1. The molecule has 0 saturated heterocycles. The zero-order chi connectivity index (χ0) is 13.1. The fourth-order valence-electron chi connectivity index (χ4n) is 1.14. The largest absolute Gasteiger partial charge is 0.288 e. The van der Waals surface area contributed by atoms with E-state index in [1.807, 2.05) is 13.0 Å². The summed E-state index contributed by atoms with van der Waals surface area (Å²) >= 11 is 7.26. The molecule has 2 heterocycles. The molecule has 0 aromatic carbocycles. The minimum absolute atomic E-state index is 0.201. The molecule has 0 saturated carbocycles. The third-order valence-corrected chi connectivity index (χ3v) is 3.46. The Labute approximate surface area is 112 Å². The van der Waals surface area contributed by atoms with Gasteiger partial charge in [-0.05, 0) is 26.0 Å². The Balaban J connectivity index is 2.15. The second-order valence-electron chi connectivity index (χ2n) is 3.50. The number of thiophene rings is 1. The van der Waals surface area contributed by atoms with E-state index in [2.05, 4.69) is 25.7 Å². The number of anilines is 1. The van der Waals surface area contributed by atoms with Gasteiger partial charge in [0.05, 0.1) is 14.9 Å². The van der Waals surface area contributed by atoms with Crippen LogP contribution in [0.4, 0.5) is 5.95 Å². The highest BCUT2D eigenvalue weighted by molar-refractivity contribution is 7.18. The smallest absolute Gasteiger partial charge is 0.274 e. The summed E-state index contributed by atoms with van der Waals surface area (Å²) in [4.78, 5) is 14.8. The number of rotatable bonds is 3. The van der Waals surface area contributed by atoms with Gasteiger partial charge in [-0.1, -0.05) is 11.6 Å². The number of aromatic nitrogens is 3. The maximum Gasteiger partial charge on any atom is 0.274 e. The predicted octanol–water partition coefficient (Wildman–Crippen LogP) is 2.02. The first-order valence-electron chi connectivity index (χ1n) is 5.06. The van der Waals surface area contributed by atoms with Gasteiger partial charge in [0.25, 0.3) is 5.56 Å². The van der Waals surface area contributed by atoms with E-state index in [9.17, 15) is 4.79 Å².